The highest BCUT2D eigenvalue weighted by Crippen LogP contribution is 1.85. The Balaban J connectivity index is 2.00. The van der Waals surface area contributed by atoms with Crippen LogP contribution >= 0.6 is 0 Å². The Kier molecular flexibility index (Phi) is 1.47. The Morgan fingerprint density at radius 2 is 2.33 bits per heavy atom. The summed E-state index contributed by atoms with van der Waals surface area (Å²) in [5.41, 5.74) is 1.89. The molecular formula is C4H10NO+. The van der Waals surface area contributed by atoms with Gasteiger partial charge in [0.1, 0.15) is 13.2 Å². The van der Waals surface area contributed by atoms with Crippen LogP contribution in [-0.2, 0) is 4.84 Å². The van der Waals surface area contributed by atoms with Crippen molar-refractivity contribution in [3.05, 3.63) is 0 Å². The van der Waals surface area contributed by atoms with Crippen LogP contribution in [0.15, 0.2) is 0 Å². The Bertz CT molecular complexity index is 23.0. The molecule has 6 heavy (non-hydrogen) atoms. The first kappa shape index (κ1) is 4.09. The summed E-state index contributed by atoms with van der Waals surface area (Å²) in [7, 11) is 0. The zero-order chi connectivity index (χ0) is 4.24. The van der Waals surface area contributed by atoms with E-state index in [9.17, 15) is 0 Å². The number of hydrogen-bond donors (Lipinski definition) is 1. The van der Waals surface area contributed by atoms with Gasteiger partial charge in [-0.3, -0.25) is 0 Å². The fraction of sp³-hybridized carbons (Fsp3) is 1.00. The molecule has 1 saturated heterocycles. The van der Waals surface area contributed by atoms with Crippen molar-refractivity contribution in [2.45, 2.75) is 12.8 Å². The van der Waals surface area contributed by atoms with E-state index in [1.54, 1.807) is 0 Å². The molecule has 0 aromatic rings. The van der Waals surface area contributed by atoms with Gasteiger partial charge < -0.3 is 0 Å². The molecule has 0 aromatic heterocycles. The molecule has 0 unspecified atom stereocenters. The van der Waals surface area contributed by atoms with Gasteiger partial charge in [-0.05, 0) is 6.42 Å². The molecule has 1 fully saturated rings. The van der Waals surface area contributed by atoms with Crippen molar-refractivity contribution < 1.29 is 10.3 Å². The molecule has 36 valence electrons. The molecule has 1 aliphatic heterocycles. The van der Waals surface area contributed by atoms with Gasteiger partial charge in [-0.1, -0.05) is 0 Å². The van der Waals surface area contributed by atoms with Gasteiger partial charge in [0.05, 0.1) is 0 Å². The van der Waals surface area contributed by atoms with Crippen molar-refractivity contribution in [1.82, 2.24) is 0 Å². The second-order valence-corrected chi connectivity index (χ2v) is 1.53. The minimum absolute atomic E-state index is 0.944. The zero-order valence-electron chi connectivity index (χ0n) is 3.81. The lowest BCUT2D eigenvalue weighted by molar-refractivity contribution is -0.902. The number of quaternary nitrogens is 1. The van der Waals surface area contributed by atoms with E-state index in [0.29, 0.717) is 0 Å². The summed E-state index contributed by atoms with van der Waals surface area (Å²) < 4.78 is 0. The Labute approximate surface area is 37.4 Å². The molecule has 2 nitrogen and oxygen atoms in total. The van der Waals surface area contributed by atoms with Crippen molar-refractivity contribution in [3.63, 3.8) is 0 Å². The highest BCUT2D eigenvalue weighted by molar-refractivity contribution is 4.33. The van der Waals surface area contributed by atoms with E-state index in [1.807, 2.05) is 5.48 Å². The molecular weight excluding hydrogens is 78.0 g/mol. The largest absolute Gasteiger partial charge is 0.206 e. The van der Waals surface area contributed by atoms with E-state index >= 15 is 0 Å². The van der Waals surface area contributed by atoms with Crippen LogP contribution in [0.5, 0.6) is 0 Å². The van der Waals surface area contributed by atoms with E-state index in [0.717, 1.165) is 13.2 Å². The average Bonchev–Trinajstić information content (AvgIpc) is 1.72. The van der Waals surface area contributed by atoms with Crippen LogP contribution in [0.4, 0.5) is 0 Å². The molecule has 1 heterocycles. The van der Waals surface area contributed by atoms with Gasteiger partial charge >= 0.3 is 0 Å². The van der Waals surface area contributed by atoms with Crippen LogP contribution in [0, 0.1) is 0 Å². The summed E-state index contributed by atoms with van der Waals surface area (Å²) in [6.07, 6.45) is 2.57. The third-order valence-corrected chi connectivity index (χ3v) is 0.952. The maximum Gasteiger partial charge on any atom is 0.106 e. The second-order valence-electron chi connectivity index (χ2n) is 1.53. The summed E-state index contributed by atoms with van der Waals surface area (Å²) in [5, 5.41) is 0. The highest BCUT2D eigenvalue weighted by Gasteiger charge is 1.98. The van der Waals surface area contributed by atoms with Gasteiger partial charge in [-0.2, -0.15) is 0 Å². The Hall–Kier alpha value is -0.0800. The predicted octanol–water partition coefficient (Wildman–Crippen LogP) is -0.725. The lowest BCUT2D eigenvalue weighted by Crippen LogP contribution is -2.84. The van der Waals surface area contributed by atoms with E-state index in [-0.39, 0.29) is 0 Å². The molecule has 0 saturated carbocycles. The number of rotatable bonds is 0. The lowest BCUT2D eigenvalue weighted by Gasteiger charge is -2.04. The van der Waals surface area contributed by atoms with E-state index in [1.165, 1.54) is 12.8 Å². The summed E-state index contributed by atoms with van der Waals surface area (Å²) in [5.74, 6) is 0. The minimum Gasteiger partial charge on any atom is -0.206 e. The fourth-order valence-corrected chi connectivity index (χ4v) is 0.580. The molecule has 1 rings (SSSR count). The van der Waals surface area contributed by atoms with E-state index in [4.69, 9.17) is 4.84 Å². The molecule has 0 aliphatic carbocycles. The van der Waals surface area contributed by atoms with Crippen LogP contribution in [-0.4, -0.2) is 13.2 Å². The molecule has 2 heteroatoms. The maximum atomic E-state index is 4.94. The predicted molar refractivity (Wildman–Crippen MR) is 22.0 cm³/mol. The molecule has 0 aromatic carbocycles. The Morgan fingerprint density at radius 3 is 2.50 bits per heavy atom. The first-order chi connectivity index (χ1) is 3.00. The fourth-order valence-electron chi connectivity index (χ4n) is 0.580. The van der Waals surface area contributed by atoms with Crippen molar-refractivity contribution in [1.29, 1.82) is 0 Å². The zero-order valence-corrected chi connectivity index (χ0v) is 3.81. The van der Waals surface area contributed by atoms with Gasteiger partial charge in [0, 0.05) is 6.42 Å². The summed E-state index contributed by atoms with van der Waals surface area (Å²) in [6.45, 7) is 2.10. The van der Waals surface area contributed by atoms with Gasteiger partial charge in [-0.15, -0.1) is 0 Å². The molecule has 0 amide bonds. The van der Waals surface area contributed by atoms with Gasteiger partial charge in [0.25, 0.3) is 0 Å². The third kappa shape index (κ3) is 0.954. The average molecular weight is 88.1 g/mol. The highest BCUT2D eigenvalue weighted by atomic mass is 16.6. The van der Waals surface area contributed by atoms with Gasteiger partial charge in [0.15, 0.2) is 0 Å². The first-order valence-electron chi connectivity index (χ1n) is 2.43. The van der Waals surface area contributed by atoms with E-state index < -0.39 is 0 Å². The van der Waals surface area contributed by atoms with Gasteiger partial charge in [0.2, 0.25) is 0 Å². The summed E-state index contributed by atoms with van der Waals surface area (Å²) >= 11 is 0. The third-order valence-electron chi connectivity index (χ3n) is 0.952. The lowest BCUT2D eigenvalue weighted by atomic mass is 10.3. The summed E-state index contributed by atoms with van der Waals surface area (Å²) in [6, 6.07) is 0. The summed E-state index contributed by atoms with van der Waals surface area (Å²) in [4.78, 5) is 4.94. The van der Waals surface area contributed by atoms with Crippen molar-refractivity contribution in [3.8, 4) is 0 Å². The van der Waals surface area contributed by atoms with Crippen molar-refractivity contribution >= 4 is 0 Å². The topological polar surface area (TPSA) is 25.8 Å². The molecule has 1 aliphatic rings. The number of hydrogen-bond acceptors (Lipinski definition) is 1. The minimum atomic E-state index is 0.944. The molecule has 0 bridgehead atoms. The Morgan fingerprint density at radius 1 is 1.33 bits per heavy atom. The number of nitrogens with two attached hydrogens (primary N) is 1. The second kappa shape index (κ2) is 2.16. The van der Waals surface area contributed by atoms with Crippen molar-refractivity contribution in [2.75, 3.05) is 13.2 Å². The molecule has 2 N–H and O–H groups in total. The molecule has 0 atom stereocenters. The molecule has 0 spiro atoms. The van der Waals surface area contributed by atoms with Gasteiger partial charge in [-0.25, -0.2) is 10.3 Å². The van der Waals surface area contributed by atoms with Crippen LogP contribution in [0.25, 0.3) is 0 Å². The monoisotopic (exact) mass is 88.1 g/mol. The van der Waals surface area contributed by atoms with Crippen LogP contribution in [0.3, 0.4) is 0 Å². The normalized spacial score (nSPS) is 24.0. The smallest absolute Gasteiger partial charge is 0.106 e. The van der Waals surface area contributed by atoms with Crippen molar-refractivity contribution in [2.24, 2.45) is 0 Å². The van der Waals surface area contributed by atoms with Crippen LogP contribution in [0.1, 0.15) is 12.8 Å². The van der Waals surface area contributed by atoms with Crippen LogP contribution in [0.2, 0.25) is 0 Å². The first-order valence-corrected chi connectivity index (χ1v) is 2.43. The SMILES string of the molecule is C1CCO[NH2+]C1. The number of hydroxylamine groups is 1. The standard InChI is InChI=1S/C4H9NO/c1-2-4-6-5-3-1/h5H,1-4H2/p+1. The van der Waals surface area contributed by atoms with E-state index in [2.05, 4.69) is 0 Å². The quantitative estimate of drug-likeness (QED) is 0.415. The van der Waals surface area contributed by atoms with Crippen LogP contribution < -0.4 is 5.48 Å². The maximum absolute atomic E-state index is 4.94. The molecule has 0 radical (unpaired) electrons.